The second-order valence-electron chi connectivity index (χ2n) is 14.4. The molecule has 3 aromatic rings. The number of aliphatic hydroxyl groups is 5. The smallest absolute Gasteiger partial charge is 0.348 e. The Morgan fingerprint density at radius 2 is 1.79 bits per heavy atom. The average molecular weight is 740 g/mol. The van der Waals surface area contributed by atoms with E-state index in [-0.39, 0.29) is 36.9 Å². The number of para-hydroxylation sites is 1. The van der Waals surface area contributed by atoms with E-state index in [4.69, 9.17) is 4.74 Å². The zero-order chi connectivity index (χ0) is 37.7. The van der Waals surface area contributed by atoms with Gasteiger partial charge in [0.1, 0.15) is 5.75 Å². The fourth-order valence-corrected chi connectivity index (χ4v) is 7.31. The topological polar surface area (TPSA) is 190 Å². The molecular weight excluding hydrogens is 687 g/mol. The van der Waals surface area contributed by atoms with Crippen LogP contribution in [0.1, 0.15) is 106 Å². The lowest BCUT2D eigenvalue weighted by molar-refractivity contribution is -0.369. The fourth-order valence-electron chi connectivity index (χ4n) is 6.60. The first-order valence-electron chi connectivity index (χ1n) is 18.3. The molecule has 1 aromatic heterocycles. The van der Waals surface area contributed by atoms with E-state index < -0.39 is 32.7 Å². The van der Waals surface area contributed by atoms with E-state index in [0.29, 0.717) is 30.7 Å². The highest BCUT2D eigenvalue weighted by atomic mass is 32.2. The normalized spacial score (nSPS) is 16.4. The highest BCUT2D eigenvalue weighted by molar-refractivity contribution is 7.92. The highest BCUT2D eigenvalue weighted by Gasteiger charge is 2.62. The Morgan fingerprint density at radius 3 is 2.46 bits per heavy atom. The van der Waals surface area contributed by atoms with E-state index in [9.17, 15) is 38.7 Å². The molecule has 2 fully saturated rings. The van der Waals surface area contributed by atoms with Gasteiger partial charge in [-0.25, -0.2) is 8.42 Å². The first-order valence-corrected chi connectivity index (χ1v) is 19.9. The van der Waals surface area contributed by atoms with Crippen molar-refractivity contribution in [2.24, 2.45) is 0 Å². The Balaban J connectivity index is 1.27. The van der Waals surface area contributed by atoms with Crippen LogP contribution in [0, 0.1) is 6.92 Å². The van der Waals surface area contributed by atoms with Crippen LogP contribution in [-0.2, 0) is 26.7 Å². The number of nitrogens with one attached hydrogen (secondary N) is 1. The number of aromatic nitrogens is 1. The van der Waals surface area contributed by atoms with Gasteiger partial charge in [-0.3, -0.25) is 14.7 Å². The van der Waals surface area contributed by atoms with E-state index >= 15 is 0 Å². The van der Waals surface area contributed by atoms with Gasteiger partial charge >= 0.3 is 11.0 Å². The minimum atomic E-state index is -5.24. The first-order chi connectivity index (χ1) is 24.7. The van der Waals surface area contributed by atoms with Crippen molar-refractivity contribution >= 4 is 15.7 Å². The Labute approximate surface area is 306 Å². The predicted octanol–water partition coefficient (Wildman–Crippen LogP) is 4.31. The number of nitrogens with zero attached hydrogens (tertiary/aromatic N) is 2. The minimum Gasteiger partial charge on any atom is -0.490 e. The van der Waals surface area contributed by atoms with Gasteiger partial charge < -0.3 is 35.6 Å². The zero-order valence-corrected chi connectivity index (χ0v) is 31.1. The zero-order valence-electron chi connectivity index (χ0n) is 30.3. The molecule has 1 amide bonds. The van der Waals surface area contributed by atoms with Crippen molar-refractivity contribution in [2.45, 2.75) is 120 Å². The summed E-state index contributed by atoms with van der Waals surface area (Å²) in [6.07, 6.45) is 10.5. The highest BCUT2D eigenvalue weighted by Crippen LogP contribution is 2.50. The molecule has 2 aliphatic rings. The van der Waals surface area contributed by atoms with Crippen molar-refractivity contribution in [3.05, 3.63) is 83.2 Å². The summed E-state index contributed by atoms with van der Waals surface area (Å²) >= 11 is 0. The summed E-state index contributed by atoms with van der Waals surface area (Å²) in [6, 6.07) is 16.5. The van der Waals surface area contributed by atoms with E-state index in [1.807, 2.05) is 50.5 Å². The minimum absolute atomic E-state index is 0.0415. The van der Waals surface area contributed by atoms with Gasteiger partial charge in [-0.2, -0.15) is 0 Å². The Morgan fingerprint density at radius 1 is 1.06 bits per heavy atom. The second kappa shape index (κ2) is 16.3. The maximum Gasteiger partial charge on any atom is 0.348 e. The van der Waals surface area contributed by atoms with Gasteiger partial charge in [0.05, 0.1) is 6.10 Å². The van der Waals surface area contributed by atoms with Gasteiger partial charge in [0, 0.05) is 43.0 Å². The molecule has 0 spiro atoms. The van der Waals surface area contributed by atoms with Crippen LogP contribution in [0.25, 0.3) is 11.1 Å². The largest absolute Gasteiger partial charge is 0.490 e. The fraction of sp³-hybridized carbons (Fsp3) is 0.538. The summed E-state index contributed by atoms with van der Waals surface area (Å²) in [7, 11) is -5.24. The van der Waals surface area contributed by atoms with E-state index in [1.165, 1.54) is 0 Å². The van der Waals surface area contributed by atoms with Crippen LogP contribution in [0.2, 0.25) is 0 Å². The molecule has 12 nitrogen and oxygen atoms in total. The molecule has 2 aliphatic carbocycles. The number of carbonyl (C=O) groups is 1. The van der Waals surface area contributed by atoms with Crippen LogP contribution in [0.4, 0.5) is 0 Å². The third-order valence-corrected chi connectivity index (χ3v) is 11.9. The SMILES string of the molecule is CCCCCC(=O)N(CCCC(C)c1ccc(C)c(CNC2(c3cnccc3-c3ccccc3OC3CC3)CC2)c1)C(O)(O)C(O)(O)S(=O)(=O)CO. The van der Waals surface area contributed by atoms with Gasteiger partial charge in [0.25, 0.3) is 0 Å². The number of benzene rings is 2. The van der Waals surface area contributed by atoms with Crippen molar-refractivity contribution in [3.63, 3.8) is 0 Å². The van der Waals surface area contributed by atoms with Crippen molar-refractivity contribution in [3.8, 4) is 16.9 Å². The van der Waals surface area contributed by atoms with E-state index in [1.54, 1.807) is 0 Å². The van der Waals surface area contributed by atoms with Crippen LogP contribution in [-0.4, -0.2) is 79.4 Å². The molecule has 0 radical (unpaired) electrons. The number of aryl methyl sites for hydroxylation is 1. The number of aliphatic hydroxyl groups excluding tert-OH is 1. The summed E-state index contributed by atoms with van der Waals surface area (Å²) in [5, 5.41) is 50.9. The van der Waals surface area contributed by atoms with Crippen LogP contribution < -0.4 is 10.1 Å². The lowest BCUT2D eigenvalue weighted by atomic mass is 9.92. The molecule has 52 heavy (non-hydrogen) atoms. The maximum atomic E-state index is 13.1. The molecule has 6 N–H and O–H groups in total. The molecule has 13 heteroatoms. The Hall–Kier alpha value is -3.43. The molecule has 1 unspecified atom stereocenters. The van der Waals surface area contributed by atoms with Crippen LogP contribution in [0.5, 0.6) is 5.75 Å². The van der Waals surface area contributed by atoms with Crippen molar-refractivity contribution in [1.29, 1.82) is 0 Å². The number of sulfone groups is 1. The van der Waals surface area contributed by atoms with Crippen molar-refractivity contribution < 1.29 is 43.5 Å². The number of carbonyl (C=O) groups excluding carboxylic acids is 1. The molecule has 2 saturated carbocycles. The molecular formula is C39H53N3O9S. The Kier molecular flexibility index (Phi) is 12.5. The number of amides is 1. The van der Waals surface area contributed by atoms with Gasteiger partial charge in [-0.1, -0.05) is 63.1 Å². The third kappa shape index (κ3) is 8.68. The predicted molar refractivity (Wildman–Crippen MR) is 196 cm³/mol. The standard InChI is InChI=1S/C39H53N3O9S/c1-4-5-6-13-36(44)42(38(45,46)39(47,48)52(49,50)26-43)22-9-10-27(2)29-15-14-28(3)30(23-29)24-41-37(19-20-37)34-25-40-21-18-32(34)33-11-7-8-12-35(33)51-31-16-17-31/h7-8,11-12,14-15,18,21,23,25,27,31,41,43,45-48H,4-6,9-10,13,16-17,19-20,22,24,26H2,1-3H3. The number of pyridine rings is 1. The second-order valence-corrected chi connectivity index (χ2v) is 16.4. The van der Waals surface area contributed by atoms with Gasteiger partial charge in [-0.05, 0) is 97.7 Å². The van der Waals surface area contributed by atoms with E-state index in [0.717, 1.165) is 71.2 Å². The lowest BCUT2D eigenvalue weighted by Gasteiger charge is -2.41. The Bertz CT molecular complexity index is 1810. The molecule has 0 bridgehead atoms. The molecule has 0 aliphatic heterocycles. The molecule has 5 rings (SSSR count). The van der Waals surface area contributed by atoms with E-state index in [2.05, 4.69) is 41.5 Å². The molecule has 284 valence electrons. The van der Waals surface area contributed by atoms with Crippen LogP contribution in [0.3, 0.4) is 0 Å². The summed E-state index contributed by atoms with van der Waals surface area (Å²) < 4.78 is 30.6. The summed E-state index contributed by atoms with van der Waals surface area (Å²) in [4.78, 5) is 18.0. The van der Waals surface area contributed by atoms with Crippen LogP contribution in [0.15, 0.2) is 60.9 Å². The van der Waals surface area contributed by atoms with Crippen molar-refractivity contribution in [2.75, 3.05) is 12.5 Å². The molecule has 2 aromatic carbocycles. The molecule has 1 atom stereocenters. The number of hydrogen-bond acceptors (Lipinski definition) is 11. The summed E-state index contributed by atoms with van der Waals surface area (Å²) in [6.45, 7) is 6.24. The summed E-state index contributed by atoms with van der Waals surface area (Å²) in [5.41, 5.74) is 6.36. The van der Waals surface area contributed by atoms with Crippen molar-refractivity contribution in [1.82, 2.24) is 15.2 Å². The maximum absolute atomic E-state index is 13.1. The average Bonchev–Trinajstić information content (AvgIpc) is 4.07. The summed E-state index contributed by atoms with van der Waals surface area (Å²) in [5.74, 6) is -5.67. The first kappa shape index (κ1) is 39.8. The van der Waals surface area contributed by atoms with Gasteiger partial charge in [-0.15, -0.1) is 0 Å². The van der Waals surface area contributed by atoms with Gasteiger partial charge in [0.2, 0.25) is 15.7 Å². The quantitative estimate of drug-likeness (QED) is 0.0716. The monoisotopic (exact) mass is 739 g/mol. The van der Waals surface area contributed by atoms with Gasteiger partial charge in [0.15, 0.2) is 5.94 Å². The number of hydrogen-bond donors (Lipinski definition) is 6. The molecule has 1 heterocycles. The lowest BCUT2D eigenvalue weighted by Crippen LogP contribution is -2.69. The number of unbranched alkanes of at least 4 members (excludes halogenated alkanes) is 2. The number of rotatable bonds is 20. The third-order valence-electron chi connectivity index (χ3n) is 10.4. The van der Waals surface area contributed by atoms with Crippen LogP contribution >= 0.6 is 0 Å². The molecule has 0 saturated heterocycles. The number of ether oxygens (including phenoxy) is 1.